The van der Waals surface area contributed by atoms with Crippen LogP contribution in [0.1, 0.15) is 90.4 Å². The number of carbonyl (C=O) groups is 4. The van der Waals surface area contributed by atoms with Gasteiger partial charge in [-0.25, -0.2) is 14.6 Å². The molecule has 3 aliphatic carbocycles. The summed E-state index contributed by atoms with van der Waals surface area (Å²) in [4.78, 5) is 61.0. The molecule has 1 aromatic carbocycles. The minimum atomic E-state index is -1.41. The Bertz CT molecular complexity index is 1690. The van der Waals surface area contributed by atoms with Crippen molar-refractivity contribution in [3.8, 4) is 11.6 Å². The van der Waals surface area contributed by atoms with Gasteiger partial charge in [0, 0.05) is 46.9 Å². The van der Waals surface area contributed by atoms with E-state index < -0.39 is 41.7 Å². The summed E-state index contributed by atoms with van der Waals surface area (Å²) in [5.74, 6) is 0.483. The number of alkyl carbamates (subject to hydrolysis) is 1. The topological polar surface area (TPSA) is 156 Å². The highest BCUT2D eigenvalue weighted by molar-refractivity contribution is 7.99. The van der Waals surface area contributed by atoms with E-state index in [-0.39, 0.29) is 37.3 Å². The van der Waals surface area contributed by atoms with E-state index in [1.165, 1.54) is 17.7 Å². The summed E-state index contributed by atoms with van der Waals surface area (Å²) in [5, 5.41) is 16.8. The van der Waals surface area contributed by atoms with Crippen molar-refractivity contribution in [2.24, 2.45) is 11.8 Å². The molecule has 3 amide bonds. The summed E-state index contributed by atoms with van der Waals surface area (Å²) in [7, 11) is 0. The van der Waals surface area contributed by atoms with Crippen molar-refractivity contribution < 1.29 is 38.5 Å². The standard InChI is InChI=1S/C39H50N4O8S/c1-2-49-33-20-31(29-14-9-15-32(35(29)41-33)52-23-24-16-17-24)50-28-19-30-36(45)42-39(37(46)47)21-25(39)10-5-3-4-6-11-26(18-34(44)43(30)22-28)40-38(48)51-27-12-7-8-13-27/h5,9-10,14-15,20,24-28,30H,2-4,6-8,11-13,16-19,21-23H2,1H3,(H,40,48)(H,42,45)(H,46,47)/b10-5-/t25-,26-,28+,30-,39+/m0/s1. The molecule has 13 heteroatoms. The van der Waals surface area contributed by atoms with Gasteiger partial charge in [0.15, 0.2) is 0 Å². The van der Waals surface area contributed by atoms with E-state index in [0.29, 0.717) is 31.1 Å². The molecule has 3 saturated carbocycles. The summed E-state index contributed by atoms with van der Waals surface area (Å²) in [6.45, 7) is 2.44. The Morgan fingerprint density at radius 3 is 2.67 bits per heavy atom. The first-order valence-electron chi connectivity index (χ1n) is 19.1. The number of hydrogen-bond acceptors (Lipinski definition) is 9. The Morgan fingerprint density at radius 2 is 1.90 bits per heavy atom. The Balaban J connectivity index is 1.14. The molecule has 2 aliphatic heterocycles. The highest BCUT2D eigenvalue weighted by atomic mass is 32.2. The molecule has 5 atom stereocenters. The number of fused-ring (bicyclic) bond motifs is 3. The molecule has 0 bridgehead atoms. The minimum Gasteiger partial charge on any atom is -0.488 e. The molecule has 0 radical (unpaired) electrons. The maximum atomic E-state index is 14.2. The third-order valence-electron chi connectivity index (χ3n) is 11.0. The molecule has 4 fully saturated rings. The SMILES string of the molecule is CCOc1cc(O[C@@H]2C[C@H]3C(=O)N[C@]4(C(=O)O)C[C@@H]4/C=C\CCCC[C@H](NC(=O)OC4CCCC4)CC(=O)N3C2)c2cccc(SCC3CC3)c2n1. The van der Waals surface area contributed by atoms with E-state index in [9.17, 15) is 24.3 Å². The fourth-order valence-corrected chi connectivity index (χ4v) is 8.99. The third kappa shape index (κ3) is 8.45. The van der Waals surface area contributed by atoms with Gasteiger partial charge in [-0.05, 0) is 89.2 Å². The maximum absolute atomic E-state index is 14.2. The number of hydrogen-bond donors (Lipinski definition) is 3. The lowest BCUT2D eigenvalue weighted by Gasteiger charge is -2.27. The summed E-state index contributed by atoms with van der Waals surface area (Å²) in [6.07, 6.45) is 12.2. The quantitative estimate of drug-likeness (QED) is 0.196. The predicted octanol–water partition coefficient (Wildman–Crippen LogP) is 6.00. The van der Waals surface area contributed by atoms with Crippen LogP contribution in [-0.4, -0.2) is 87.6 Å². The first-order chi connectivity index (χ1) is 25.2. The van der Waals surface area contributed by atoms with Crippen molar-refractivity contribution in [3.63, 3.8) is 0 Å². The lowest BCUT2D eigenvalue weighted by molar-refractivity contribution is -0.145. The van der Waals surface area contributed by atoms with Crippen LogP contribution in [0.3, 0.4) is 0 Å². The molecule has 0 spiro atoms. The van der Waals surface area contributed by atoms with E-state index in [4.69, 9.17) is 19.2 Å². The van der Waals surface area contributed by atoms with Crippen molar-refractivity contribution in [3.05, 3.63) is 36.4 Å². The number of benzene rings is 1. The maximum Gasteiger partial charge on any atom is 0.407 e. The number of carboxylic acids is 1. The van der Waals surface area contributed by atoms with Crippen LogP contribution in [0, 0.1) is 11.8 Å². The average molecular weight is 735 g/mol. The minimum absolute atomic E-state index is 0.0208. The molecule has 5 aliphatic rings. The first kappa shape index (κ1) is 36.4. The van der Waals surface area contributed by atoms with Gasteiger partial charge in [-0.1, -0.05) is 24.6 Å². The highest BCUT2D eigenvalue weighted by Crippen LogP contribution is 2.46. The summed E-state index contributed by atoms with van der Waals surface area (Å²) in [6, 6.07) is 6.32. The number of carbonyl (C=O) groups excluding carboxylic acids is 3. The van der Waals surface area contributed by atoms with Crippen molar-refractivity contribution in [2.45, 2.75) is 125 Å². The second-order valence-electron chi connectivity index (χ2n) is 15.0. The Kier molecular flexibility index (Phi) is 11.1. The number of allylic oxidation sites excluding steroid dienone is 1. The number of pyridine rings is 1. The van der Waals surface area contributed by atoms with Gasteiger partial charge in [0.25, 0.3) is 0 Å². The molecular weight excluding hydrogens is 685 g/mol. The number of nitrogens with zero attached hydrogens (tertiary/aromatic N) is 2. The second kappa shape index (κ2) is 15.9. The number of thioether (sulfide) groups is 1. The molecule has 280 valence electrons. The summed E-state index contributed by atoms with van der Waals surface area (Å²) < 4.78 is 18.2. The first-order valence-corrected chi connectivity index (χ1v) is 20.1. The predicted molar refractivity (Wildman–Crippen MR) is 195 cm³/mol. The van der Waals surface area contributed by atoms with Crippen LogP contribution in [0.2, 0.25) is 0 Å². The van der Waals surface area contributed by atoms with E-state index in [2.05, 4.69) is 16.7 Å². The van der Waals surface area contributed by atoms with Crippen molar-refractivity contribution >= 4 is 46.5 Å². The van der Waals surface area contributed by atoms with Crippen molar-refractivity contribution in [1.29, 1.82) is 0 Å². The van der Waals surface area contributed by atoms with Gasteiger partial charge in [-0.3, -0.25) is 9.59 Å². The molecule has 12 nitrogen and oxygen atoms in total. The van der Waals surface area contributed by atoms with Crippen LogP contribution in [-0.2, 0) is 19.1 Å². The van der Waals surface area contributed by atoms with Gasteiger partial charge in [0.2, 0.25) is 17.7 Å². The van der Waals surface area contributed by atoms with Gasteiger partial charge in [-0.15, -0.1) is 11.8 Å². The summed E-state index contributed by atoms with van der Waals surface area (Å²) >= 11 is 1.78. The number of carboxylic acid groups (broad SMARTS) is 1. The fourth-order valence-electron chi connectivity index (χ4n) is 7.77. The van der Waals surface area contributed by atoms with E-state index in [0.717, 1.165) is 72.4 Å². The Morgan fingerprint density at radius 1 is 1.10 bits per heavy atom. The van der Waals surface area contributed by atoms with Crippen LogP contribution < -0.4 is 20.1 Å². The molecule has 1 aromatic heterocycles. The van der Waals surface area contributed by atoms with Gasteiger partial charge in [-0.2, -0.15) is 0 Å². The zero-order chi connectivity index (χ0) is 36.2. The van der Waals surface area contributed by atoms with Crippen LogP contribution in [0.4, 0.5) is 4.79 Å². The number of amides is 3. The van der Waals surface area contributed by atoms with Crippen LogP contribution in [0.15, 0.2) is 41.3 Å². The van der Waals surface area contributed by atoms with Gasteiger partial charge < -0.3 is 34.9 Å². The smallest absolute Gasteiger partial charge is 0.407 e. The van der Waals surface area contributed by atoms with Crippen LogP contribution >= 0.6 is 11.8 Å². The lowest BCUT2D eigenvalue weighted by atomic mass is 10.0. The normalized spacial score (nSPS) is 28.9. The van der Waals surface area contributed by atoms with Gasteiger partial charge in [0.1, 0.15) is 29.5 Å². The fraction of sp³-hybridized carbons (Fsp3) is 0.615. The Hall–Kier alpha value is -4.00. The van der Waals surface area contributed by atoms with E-state index >= 15 is 0 Å². The average Bonchev–Trinajstić information content (AvgIpc) is 3.96. The summed E-state index contributed by atoms with van der Waals surface area (Å²) in [5.41, 5.74) is -0.622. The highest BCUT2D eigenvalue weighted by Gasteiger charge is 2.61. The molecule has 3 N–H and O–H groups in total. The van der Waals surface area contributed by atoms with E-state index in [1.807, 2.05) is 31.2 Å². The molecule has 2 aromatic rings. The third-order valence-corrected chi connectivity index (χ3v) is 12.3. The zero-order valence-electron chi connectivity index (χ0n) is 29.8. The van der Waals surface area contributed by atoms with Gasteiger partial charge >= 0.3 is 12.1 Å². The molecule has 3 heterocycles. The van der Waals surface area contributed by atoms with Crippen LogP contribution in [0.5, 0.6) is 11.6 Å². The molecule has 0 unspecified atom stereocenters. The number of rotatable bonds is 10. The van der Waals surface area contributed by atoms with Crippen molar-refractivity contribution in [1.82, 2.24) is 20.5 Å². The second-order valence-corrected chi connectivity index (χ2v) is 16.0. The Labute approximate surface area is 308 Å². The number of aromatic nitrogens is 1. The molecular formula is C39H50N4O8S. The molecule has 7 rings (SSSR count). The number of para-hydroxylation sites is 1. The number of nitrogens with one attached hydrogen (secondary N) is 2. The number of ether oxygens (including phenoxy) is 3. The number of aliphatic carboxylic acids is 1. The monoisotopic (exact) mass is 734 g/mol. The molecule has 52 heavy (non-hydrogen) atoms. The van der Waals surface area contributed by atoms with Gasteiger partial charge in [0.05, 0.1) is 18.7 Å². The molecule has 1 saturated heterocycles. The van der Waals surface area contributed by atoms with Crippen molar-refractivity contribution in [2.75, 3.05) is 18.9 Å². The van der Waals surface area contributed by atoms with Crippen LogP contribution in [0.25, 0.3) is 10.9 Å². The van der Waals surface area contributed by atoms with E-state index in [1.54, 1.807) is 17.8 Å². The lowest BCUT2D eigenvalue weighted by Crippen LogP contribution is -2.53. The largest absolute Gasteiger partial charge is 0.488 e. The zero-order valence-corrected chi connectivity index (χ0v) is 30.7.